The molecule has 0 fully saturated rings. The number of aryl methyl sites for hydroxylation is 1. The lowest BCUT2D eigenvalue weighted by Crippen LogP contribution is -2.37. The van der Waals surface area contributed by atoms with Crippen LogP contribution in [0.15, 0.2) is 48.5 Å². The van der Waals surface area contributed by atoms with Gasteiger partial charge in [0.25, 0.3) is 0 Å². The van der Waals surface area contributed by atoms with Gasteiger partial charge in [-0.25, -0.2) is 4.79 Å². The van der Waals surface area contributed by atoms with Crippen LogP contribution in [-0.4, -0.2) is 30.1 Å². The number of amides is 3. The summed E-state index contributed by atoms with van der Waals surface area (Å²) in [6.45, 7) is 5.36. The fourth-order valence-corrected chi connectivity index (χ4v) is 2.90. The van der Waals surface area contributed by atoms with Gasteiger partial charge in [-0.05, 0) is 56.5 Å². The van der Waals surface area contributed by atoms with Gasteiger partial charge in [-0.1, -0.05) is 41.9 Å². The molecule has 2 aromatic carbocycles. The van der Waals surface area contributed by atoms with Crippen molar-refractivity contribution in [3.8, 4) is 0 Å². The number of anilines is 1. The quantitative estimate of drug-likeness (QED) is 0.571. The second-order valence-electron chi connectivity index (χ2n) is 7.97. The van der Waals surface area contributed by atoms with E-state index in [9.17, 15) is 14.4 Å². The molecule has 2 aromatic rings. The first-order valence-corrected chi connectivity index (χ1v) is 10.4. The summed E-state index contributed by atoms with van der Waals surface area (Å²) in [6, 6.07) is 14.6. The van der Waals surface area contributed by atoms with Crippen LogP contribution in [0.25, 0.3) is 0 Å². The third-order valence-electron chi connectivity index (χ3n) is 4.07. The second-order valence-corrected chi connectivity index (χ2v) is 8.38. The Morgan fingerprint density at radius 1 is 0.968 bits per heavy atom. The summed E-state index contributed by atoms with van der Waals surface area (Å²) >= 11 is 6.11. The van der Waals surface area contributed by atoms with Crippen molar-refractivity contribution in [1.82, 2.24) is 10.6 Å². The van der Waals surface area contributed by atoms with E-state index in [1.54, 1.807) is 45.0 Å². The minimum atomic E-state index is -0.657. The van der Waals surface area contributed by atoms with Crippen molar-refractivity contribution in [2.45, 2.75) is 45.8 Å². The minimum absolute atomic E-state index is 0.0871. The number of benzene rings is 2. The van der Waals surface area contributed by atoms with Gasteiger partial charge in [0.15, 0.2) is 0 Å². The Bertz CT molecular complexity index is 925. The van der Waals surface area contributed by atoms with Crippen molar-refractivity contribution < 1.29 is 19.1 Å². The average Bonchev–Trinajstić information content (AvgIpc) is 2.69. The van der Waals surface area contributed by atoms with Crippen LogP contribution in [0.1, 0.15) is 38.3 Å². The molecule has 8 heteroatoms. The van der Waals surface area contributed by atoms with Crippen molar-refractivity contribution in [3.05, 3.63) is 64.7 Å². The van der Waals surface area contributed by atoms with Crippen molar-refractivity contribution in [2.75, 3.05) is 11.9 Å². The second kappa shape index (κ2) is 11.4. The molecule has 0 aliphatic heterocycles. The lowest BCUT2D eigenvalue weighted by molar-refractivity contribution is -0.121. The van der Waals surface area contributed by atoms with Crippen molar-refractivity contribution in [3.63, 3.8) is 0 Å². The summed E-state index contributed by atoms with van der Waals surface area (Å²) < 4.78 is 5.09. The van der Waals surface area contributed by atoms with Gasteiger partial charge in [-0.2, -0.15) is 0 Å². The zero-order valence-corrected chi connectivity index (χ0v) is 18.7. The van der Waals surface area contributed by atoms with Crippen LogP contribution in [0.5, 0.6) is 0 Å². The summed E-state index contributed by atoms with van der Waals surface area (Å²) in [6.07, 6.45) is 0.235. The number of carbonyl (C=O) groups excluding carboxylic acids is 3. The Morgan fingerprint density at radius 3 is 2.42 bits per heavy atom. The number of alkyl carbamates (subject to hydrolysis) is 1. The third kappa shape index (κ3) is 9.53. The van der Waals surface area contributed by atoms with E-state index in [4.69, 9.17) is 16.3 Å². The Hall–Kier alpha value is -3.06. The first-order valence-electron chi connectivity index (χ1n) is 9.98. The topological polar surface area (TPSA) is 96.5 Å². The summed E-state index contributed by atoms with van der Waals surface area (Å²) in [5, 5.41) is 8.63. The molecule has 3 N–H and O–H groups in total. The zero-order valence-electron chi connectivity index (χ0n) is 18.0. The van der Waals surface area contributed by atoms with E-state index in [1.807, 2.05) is 24.3 Å². The summed E-state index contributed by atoms with van der Waals surface area (Å²) in [5.74, 6) is -0.470. The Morgan fingerprint density at radius 2 is 1.71 bits per heavy atom. The molecule has 0 unspecified atom stereocenters. The highest BCUT2D eigenvalue weighted by Crippen LogP contribution is 2.16. The number of halogens is 1. The molecule has 0 aliphatic rings. The molecule has 7 nitrogen and oxygen atoms in total. The van der Waals surface area contributed by atoms with Crippen molar-refractivity contribution in [2.24, 2.45) is 0 Å². The lowest BCUT2D eigenvalue weighted by Gasteiger charge is -2.19. The number of hydrogen-bond acceptors (Lipinski definition) is 4. The molecule has 0 radical (unpaired) electrons. The average molecular weight is 446 g/mol. The molecular weight excluding hydrogens is 418 g/mol. The molecule has 2 rings (SSSR count). The maximum atomic E-state index is 12.1. The standard InChI is InChI=1S/C23H28ClN3O4/c1-23(2,3)31-22(30)26-15-21(29)27-18-9-6-7-16(13-18)14-25-20(28)12-11-17-8-4-5-10-19(17)24/h4-10,13H,11-12,14-15H2,1-3H3,(H,25,28)(H,26,30)(H,27,29). The maximum Gasteiger partial charge on any atom is 0.408 e. The first-order chi connectivity index (χ1) is 14.6. The molecule has 0 bridgehead atoms. The number of nitrogens with one attached hydrogen (secondary N) is 3. The smallest absolute Gasteiger partial charge is 0.408 e. The van der Waals surface area contributed by atoms with Crippen LogP contribution >= 0.6 is 11.6 Å². The van der Waals surface area contributed by atoms with Crippen molar-refractivity contribution >= 4 is 35.2 Å². The van der Waals surface area contributed by atoms with Gasteiger partial charge in [0.05, 0.1) is 0 Å². The normalized spacial score (nSPS) is 10.8. The monoisotopic (exact) mass is 445 g/mol. The van der Waals surface area contributed by atoms with Gasteiger partial charge in [0.1, 0.15) is 12.1 Å². The van der Waals surface area contributed by atoms with E-state index in [-0.39, 0.29) is 18.4 Å². The largest absolute Gasteiger partial charge is 0.444 e. The van der Waals surface area contributed by atoms with Crippen LogP contribution in [0, 0.1) is 0 Å². The molecule has 0 heterocycles. The molecule has 0 saturated heterocycles. The predicted molar refractivity (Wildman–Crippen MR) is 121 cm³/mol. The molecule has 0 atom stereocenters. The first kappa shape index (κ1) is 24.2. The predicted octanol–water partition coefficient (Wildman–Crippen LogP) is 4.05. The van der Waals surface area contributed by atoms with E-state index in [2.05, 4.69) is 16.0 Å². The molecule has 0 aliphatic carbocycles. The van der Waals surface area contributed by atoms with Crippen LogP contribution in [0.2, 0.25) is 5.02 Å². The van der Waals surface area contributed by atoms with Crippen LogP contribution in [0.3, 0.4) is 0 Å². The molecular formula is C23H28ClN3O4. The van der Waals surface area contributed by atoms with Gasteiger partial charge < -0.3 is 20.7 Å². The van der Waals surface area contributed by atoms with Gasteiger partial charge in [-0.15, -0.1) is 0 Å². The van der Waals surface area contributed by atoms with Crippen molar-refractivity contribution in [1.29, 1.82) is 0 Å². The SMILES string of the molecule is CC(C)(C)OC(=O)NCC(=O)Nc1cccc(CNC(=O)CCc2ccccc2Cl)c1. The number of rotatable bonds is 8. The van der Waals surface area contributed by atoms with E-state index in [0.29, 0.717) is 30.1 Å². The highest BCUT2D eigenvalue weighted by Gasteiger charge is 2.16. The number of carbonyl (C=O) groups is 3. The summed E-state index contributed by atoms with van der Waals surface area (Å²) in [5.41, 5.74) is 1.71. The molecule has 0 aromatic heterocycles. The highest BCUT2D eigenvalue weighted by atomic mass is 35.5. The molecule has 3 amide bonds. The summed E-state index contributed by atoms with van der Waals surface area (Å²) in [4.78, 5) is 35.8. The third-order valence-corrected chi connectivity index (χ3v) is 4.44. The minimum Gasteiger partial charge on any atom is -0.444 e. The van der Waals surface area contributed by atoms with E-state index in [0.717, 1.165) is 11.1 Å². The van der Waals surface area contributed by atoms with E-state index >= 15 is 0 Å². The molecule has 0 saturated carbocycles. The van der Waals surface area contributed by atoms with Gasteiger partial charge in [-0.3, -0.25) is 9.59 Å². The van der Waals surface area contributed by atoms with E-state index in [1.165, 1.54) is 0 Å². The maximum absolute atomic E-state index is 12.1. The molecule has 166 valence electrons. The Labute approximate surface area is 187 Å². The van der Waals surface area contributed by atoms with Crippen LogP contribution < -0.4 is 16.0 Å². The van der Waals surface area contributed by atoms with Crippen LogP contribution in [-0.2, 0) is 27.3 Å². The summed E-state index contributed by atoms with van der Waals surface area (Å²) in [7, 11) is 0. The zero-order chi connectivity index (χ0) is 22.9. The Kier molecular flexibility index (Phi) is 8.88. The van der Waals surface area contributed by atoms with Crippen LogP contribution in [0.4, 0.5) is 10.5 Å². The van der Waals surface area contributed by atoms with Gasteiger partial charge in [0.2, 0.25) is 11.8 Å². The fourth-order valence-electron chi connectivity index (χ4n) is 2.67. The molecule has 31 heavy (non-hydrogen) atoms. The number of ether oxygens (including phenoxy) is 1. The Balaban J connectivity index is 1.77. The fraction of sp³-hybridized carbons (Fsp3) is 0.348. The van der Waals surface area contributed by atoms with Gasteiger partial charge >= 0.3 is 6.09 Å². The lowest BCUT2D eigenvalue weighted by atomic mass is 10.1. The number of hydrogen-bond donors (Lipinski definition) is 3. The molecule has 0 spiro atoms. The highest BCUT2D eigenvalue weighted by molar-refractivity contribution is 6.31. The van der Waals surface area contributed by atoms with E-state index < -0.39 is 11.7 Å². The van der Waals surface area contributed by atoms with Gasteiger partial charge in [0, 0.05) is 23.7 Å².